The maximum Gasteiger partial charge on any atom is 0.261 e. The van der Waals surface area contributed by atoms with E-state index in [0.717, 1.165) is 22.3 Å². The molecule has 0 bridgehead atoms. The molecule has 1 N–H and O–H groups in total. The van der Waals surface area contributed by atoms with Gasteiger partial charge < -0.3 is 19.2 Å². The summed E-state index contributed by atoms with van der Waals surface area (Å²) in [7, 11) is 2.85. The third-order valence-corrected chi connectivity index (χ3v) is 6.45. The Morgan fingerprint density at radius 1 is 1.18 bits per heavy atom. The minimum Gasteiger partial charge on any atom is -0.492 e. The van der Waals surface area contributed by atoms with E-state index in [2.05, 4.69) is 5.32 Å². The van der Waals surface area contributed by atoms with Gasteiger partial charge in [0.25, 0.3) is 5.78 Å². The number of ether oxygens (including phenoxy) is 2. The summed E-state index contributed by atoms with van der Waals surface area (Å²) < 4.78 is 30.0. The second-order valence-electron chi connectivity index (χ2n) is 8.49. The highest BCUT2D eigenvalue weighted by Crippen LogP contribution is 2.49. The number of Topliss-reactive ketones (excluding diaryl/α,β-unsaturated/α-hetero) is 1. The van der Waals surface area contributed by atoms with Crippen LogP contribution in [0.1, 0.15) is 37.2 Å². The summed E-state index contributed by atoms with van der Waals surface area (Å²) in [6, 6.07) is 8.17. The molecular weight excluding hydrogens is 437 g/mol. The molecule has 1 aromatic carbocycles. The molecular formula is C27H26FNO5. The average molecular weight is 464 g/mol. The monoisotopic (exact) mass is 463 g/mol. The van der Waals surface area contributed by atoms with Crippen LogP contribution in [0.3, 0.4) is 0 Å². The molecule has 6 nitrogen and oxygen atoms in total. The van der Waals surface area contributed by atoms with Crippen LogP contribution in [-0.2, 0) is 31.0 Å². The molecule has 0 aliphatic heterocycles. The van der Waals surface area contributed by atoms with E-state index in [1.165, 1.54) is 26.4 Å². The van der Waals surface area contributed by atoms with Gasteiger partial charge in [-0.1, -0.05) is 18.6 Å². The Hall–Kier alpha value is -3.87. The minimum atomic E-state index is -0.719. The van der Waals surface area contributed by atoms with Gasteiger partial charge in [-0.3, -0.25) is 9.59 Å². The molecule has 2 aromatic rings. The number of rotatable bonds is 7. The molecule has 176 valence electrons. The predicted octanol–water partition coefficient (Wildman–Crippen LogP) is 4.74. The molecule has 7 heteroatoms. The van der Waals surface area contributed by atoms with Gasteiger partial charge in [0.2, 0.25) is 5.91 Å². The lowest BCUT2D eigenvalue weighted by atomic mass is 9.76. The standard InChI is InChI=1S/C27H26FNO5/c1-16-21(10-17-11-23(32-3)26(31)24(12-17)33-4)20-8-7-18(28)13-22(20)27(16,2)14-25(30)29-15-19-6-5-9-34-19/h5-13H,14-15H2,1-4H3,(H,29,30). The van der Waals surface area contributed by atoms with E-state index in [4.69, 9.17) is 13.9 Å². The Morgan fingerprint density at radius 3 is 2.50 bits per heavy atom. The highest BCUT2D eigenvalue weighted by atomic mass is 19.1. The van der Waals surface area contributed by atoms with Crippen LogP contribution in [0, 0.1) is 5.82 Å². The lowest BCUT2D eigenvalue weighted by molar-refractivity contribution is -0.122. The van der Waals surface area contributed by atoms with Crippen LogP contribution in [-0.4, -0.2) is 25.9 Å². The number of benzene rings is 1. The highest BCUT2D eigenvalue weighted by Gasteiger charge is 2.40. The van der Waals surface area contributed by atoms with Gasteiger partial charge in [-0.2, -0.15) is 0 Å². The zero-order valence-electron chi connectivity index (χ0n) is 19.5. The van der Waals surface area contributed by atoms with Gasteiger partial charge in [0.05, 0.1) is 27.0 Å². The lowest BCUT2D eigenvalue weighted by Gasteiger charge is -2.27. The first-order valence-electron chi connectivity index (χ1n) is 10.9. The van der Waals surface area contributed by atoms with Crippen LogP contribution in [0.2, 0.25) is 0 Å². The van der Waals surface area contributed by atoms with Crippen LogP contribution in [0.15, 0.2) is 81.9 Å². The maximum atomic E-state index is 14.3. The molecule has 0 fully saturated rings. The minimum absolute atomic E-state index is 0.138. The van der Waals surface area contributed by atoms with Crippen molar-refractivity contribution in [1.29, 1.82) is 0 Å². The van der Waals surface area contributed by atoms with E-state index in [-0.39, 0.29) is 42.0 Å². The molecule has 1 unspecified atom stereocenters. The number of methoxy groups -OCH3 is 2. The molecule has 1 aromatic heterocycles. The number of allylic oxidation sites excluding steroid dienone is 6. The quantitative estimate of drug-likeness (QED) is 0.642. The molecule has 0 saturated carbocycles. The summed E-state index contributed by atoms with van der Waals surface area (Å²) in [6.45, 7) is 4.16. The van der Waals surface area contributed by atoms with Crippen LogP contribution < -0.4 is 5.32 Å². The van der Waals surface area contributed by atoms with Crippen molar-refractivity contribution in [2.24, 2.45) is 0 Å². The predicted molar refractivity (Wildman–Crippen MR) is 125 cm³/mol. The Labute approximate surface area is 197 Å². The SMILES string of the molecule is COC1=CC(=CC2=C(C)C(C)(CC(=O)NCc3ccco3)c3cc(F)ccc32)C=C(OC)C1=O. The molecule has 1 heterocycles. The number of ketones is 1. The normalized spacial score (nSPS) is 19.4. The van der Waals surface area contributed by atoms with Crippen LogP contribution in [0.5, 0.6) is 0 Å². The van der Waals surface area contributed by atoms with E-state index in [1.54, 1.807) is 36.6 Å². The Kier molecular flexibility index (Phi) is 6.28. The zero-order valence-corrected chi connectivity index (χ0v) is 19.5. The van der Waals surface area contributed by atoms with Gasteiger partial charge in [-0.05, 0) is 71.7 Å². The molecule has 34 heavy (non-hydrogen) atoms. The third kappa shape index (κ3) is 4.21. The number of carbonyl (C=O) groups excluding carboxylic acids is 2. The summed E-state index contributed by atoms with van der Waals surface area (Å²) in [5.74, 6) is 0.118. The summed E-state index contributed by atoms with van der Waals surface area (Å²) in [5.41, 5.74) is 3.34. The number of amides is 1. The fraction of sp³-hybridized carbons (Fsp3) is 0.259. The highest BCUT2D eigenvalue weighted by molar-refractivity contribution is 6.07. The van der Waals surface area contributed by atoms with E-state index in [9.17, 15) is 14.0 Å². The van der Waals surface area contributed by atoms with Crippen molar-refractivity contribution in [3.05, 3.63) is 100 Å². The molecule has 4 rings (SSSR count). The lowest BCUT2D eigenvalue weighted by Crippen LogP contribution is -2.32. The number of hydrogen-bond acceptors (Lipinski definition) is 5. The van der Waals surface area contributed by atoms with E-state index in [1.807, 2.05) is 19.9 Å². The molecule has 2 aliphatic carbocycles. The number of carbonyl (C=O) groups is 2. The van der Waals surface area contributed by atoms with Crippen LogP contribution >= 0.6 is 0 Å². The molecule has 1 atom stereocenters. The van der Waals surface area contributed by atoms with E-state index >= 15 is 0 Å². The first-order chi connectivity index (χ1) is 16.3. The first-order valence-corrected chi connectivity index (χ1v) is 10.9. The largest absolute Gasteiger partial charge is 0.492 e. The van der Waals surface area contributed by atoms with E-state index in [0.29, 0.717) is 11.3 Å². The fourth-order valence-electron chi connectivity index (χ4n) is 4.46. The topological polar surface area (TPSA) is 77.8 Å². The van der Waals surface area contributed by atoms with Gasteiger partial charge in [-0.25, -0.2) is 4.39 Å². The molecule has 0 spiro atoms. The number of nitrogens with one attached hydrogen (secondary N) is 1. The van der Waals surface area contributed by atoms with Gasteiger partial charge in [0.15, 0.2) is 11.5 Å². The number of furan rings is 1. The summed E-state index contributed by atoms with van der Waals surface area (Å²) in [6.07, 6.45) is 6.87. The maximum absolute atomic E-state index is 14.3. The first kappa shape index (κ1) is 23.3. The van der Waals surface area contributed by atoms with Crippen molar-refractivity contribution < 1.29 is 27.9 Å². The molecule has 0 radical (unpaired) electrons. The average Bonchev–Trinajstić information content (AvgIpc) is 3.41. The summed E-state index contributed by atoms with van der Waals surface area (Å²) in [5, 5.41) is 2.88. The van der Waals surface area contributed by atoms with Gasteiger partial charge in [0, 0.05) is 11.8 Å². The van der Waals surface area contributed by atoms with Crippen molar-refractivity contribution in [3.63, 3.8) is 0 Å². The fourth-order valence-corrected chi connectivity index (χ4v) is 4.46. The molecule has 1 amide bonds. The number of halogens is 1. The van der Waals surface area contributed by atoms with E-state index < -0.39 is 5.41 Å². The third-order valence-electron chi connectivity index (χ3n) is 6.45. The van der Waals surface area contributed by atoms with Crippen molar-refractivity contribution in [3.8, 4) is 0 Å². The second-order valence-corrected chi connectivity index (χ2v) is 8.49. The smallest absolute Gasteiger partial charge is 0.261 e. The Bertz CT molecular complexity index is 1240. The van der Waals surface area contributed by atoms with Crippen molar-refractivity contribution >= 4 is 17.3 Å². The van der Waals surface area contributed by atoms with Crippen molar-refractivity contribution in [2.45, 2.75) is 32.2 Å². The zero-order chi connectivity index (χ0) is 24.5. The second kappa shape index (κ2) is 9.17. The van der Waals surface area contributed by atoms with Gasteiger partial charge >= 0.3 is 0 Å². The van der Waals surface area contributed by atoms with Crippen LogP contribution in [0.25, 0.3) is 5.57 Å². The summed E-state index contributed by atoms with van der Waals surface area (Å²) in [4.78, 5) is 25.2. The van der Waals surface area contributed by atoms with Gasteiger partial charge in [0.1, 0.15) is 11.6 Å². The molecule has 2 aliphatic rings. The van der Waals surface area contributed by atoms with Gasteiger partial charge in [-0.15, -0.1) is 0 Å². The Balaban J connectivity index is 1.72. The molecule has 0 saturated heterocycles. The Morgan fingerprint density at radius 2 is 1.88 bits per heavy atom. The van der Waals surface area contributed by atoms with Crippen LogP contribution in [0.4, 0.5) is 4.39 Å². The number of hydrogen-bond donors (Lipinski definition) is 1. The number of fused-ring (bicyclic) bond motifs is 1. The summed E-state index contributed by atoms with van der Waals surface area (Å²) >= 11 is 0. The van der Waals surface area contributed by atoms with Crippen molar-refractivity contribution in [2.75, 3.05) is 14.2 Å². The van der Waals surface area contributed by atoms with Crippen molar-refractivity contribution in [1.82, 2.24) is 5.32 Å².